The average Bonchev–Trinajstić information content (AvgIpc) is 2.48. The van der Waals surface area contributed by atoms with Crippen LogP contribution in [0.25, 0.3) is 0 Å². The minimum Gasteiger partial charge on any atom is -0.297 e. The van der Waals surface area contributed by atoms with Crippen molar-refractivity contribution >= 4 is 37.6 Å². The average molecular weight is 335 g/mol. The molecule has 2 aliphatic carbocycles. The molecule has 0 aromatic carbocycles. The van der Waals surface area contributed by atoms with E-state index in [1.807, 2.05) is 13.8 Å². The number of fused-ring (bicyclic) bond motifs is 2. The van der Waals surface area contributed by atoms with Gasteiger partial charge < -0.3 is 0 Å². The van der Waals surface area contributed by atoms with Crippen LogP contribution in [0.2, 0.25) is 0 Å². The number of ketones is 1. The lowest BCUT2D eigenvalue weighted by Gasteiger charge is -2.40. The third-order valence-corrected chi connectivity index (χ3v) is 7.89. The first-order valence-corrected chi connectivity index (χ1v) is 6.79. The third kappa shape index (κ3) is 1.07. The van der Waals surface area contributed by atoms with E-state index >= 15 is 0 Å². The maximum Gasteiger partial charge on any atom is 0.156 e. The molecular weight excluding hydrogens is 322 g/mol. The highest BCUT2D eigenvalue weighted by Crippen LogP contribution is 2.70. The summed E-state index contributed by atoms with van der Waals surface area (Å²) in [5, 5.41) is 8.96. The van der Waals surface area contributed by atoms with E-state index in [-0.39, 0.29) is 16.0 Å². The number of carbonyl (C=O) groups is 1. The van der Waals surface area contributed by atoms with Crippen molar-refractivity contribution in [2.75, 3.05) is 0 Å². The molecule has 2 nitrogen and oxygen atoms in total. The largest absolute Gasteiger partial charge is 0.297 e. The summed E-state index contributed by atoms with van der Waals surface area (Å²) in [5.41, 5.74) is -0.596. The molecule has 15 heavy (non-hydrogen) atoms. The highest BCUT2D eigenvalue weighted by atomic mass is 79.9. The standard InChI is InChI=1S/C11H13Br2NO/c1-9(2)8(15)11(13)4-3-10(9,5-6-14)7(11)12/h7H,3-5H2,1-2H3/t7-,10-,11-/m0/s1. The van der Waals surface area contributed by atoms with Crippen molar-refractivity contribution in [3.63, 3.8) is 0 Å². The van der Waals surface area contributed by atoms with Gasteiger partial charge in [0.05, 0.1) is 10.4 Å². The molecule has 0 N–H and O–H groups in total. The molecule has 0 aromatic rings. The molecule has 0 heterocycles. The van der Waals surface area contributed by atoms with Crippen LogP contribution in [-0.2, 0) is 4.79 Å². The first-order chi connectivity index (χ1) is 6.83. The molecule has 4 heteroatoms. The van der Waals surface area contributed by atoms with E-state index < -0.39 is 9.74 Å². The number of hydrogen-bond acceptors (Lipinski definition) is 2. The Kier molecular flexibility index (Phi) is 2.38. The molecule has 0 saturated heterocycles. The fourth-order valence-corrected chi connectivity index (χ4v) is 5.77. The molecule has 0 radical (unpaired) electrons. The number of carbonyl (C=O) groups excluding carboxylic acids is 1. The van der Waals surface area contributed by atoms with Crippen LogP contribution in [-0.4, -0.2) is 14.9 Å². The molecule has 2 rings (SSSR count). The van der Waals surface area contributed by atoms with Crippen LogP contribution >= 0.6 is 31.9 Å². The first-order valence-electron chi connectivity index (χ1n) is 5.08. The van der Waals surface area contributed by atoms with Gasteiger partial charge in [0, 0.05) is 22.1 Å². The van der Waals surface area contributed by atoms with E-state index in [1.165, 1.54) is 0 Å². The van der Waals surface area contributed by atoms with Crippen LogP contribution in [0.3, 0.4) is 0 Å². The van der Waals surface area contributed by atoms with E-state index in [0.29, 0.717) is 6.42 Å². The monoisotopic (exact) mass is 333 g/mol. The zero-order valence-corrected chi connectivity index (χ0v) is 12.0. The maximum atomic E-state index is 12.3. The van der Waals surface area contributed by atoms with E-state index in [0.717, 1.165) is 12.8 Å². The van der Waals surface area contributed by atoms with Crippen LogP contribution in [0.5, 0.6) is 0 Å². The summed E-state index contributed by atoms with van der Waals surface area (Å²) in [4.78, 5) is 12.4. The Bertz CT molecular complexity index is 373. The number of nitrogens with zero attached hydrogens (tertiary/aromatic N) is 1. The van der Waals surface area contributed by atoms with E-state index in [1.54, 1.807) is 0 Å². The highest BCUT2D eigenvalue weighted by Gasteiger charge is 2.74. The minimum atomic E-state index is -0.437. The molecule has 2 saturated carbocycles. The van der Waals surface area contributed by atoms with Crippen molar-refractivity contribution in [3.8, 4) is 6.07 Å². The second-order valence-corrected chi connectivity index (χ2v) is 7.50. The van der Waals surface area contributed by atoms with Gasteiger partial charge in [0.25, 0.3) is 0 Å². The normalized spacial score (nSPS) is 46.9. The first kappa shape index (κ1) is 11.6. The Labute approximate surface area is 107 Å². The zero-order chi connectivity index (χ0) is 11.5. The molecule has 0 unspecified atom stereocenters. The number of hydrogen-bond donors (Lipinski definition) is 0. The van der Waals surface area contributed by atoms with Crippen LogP contribution in [0.4, 0.5) is 0 Å². The summed E-state index contributed by atoms with van der Waals surface area (Å²) in [6.45, 7) is 3.95. The lowest BCUT2D eigenvalue weighted by atomic mass is 9.63. The fourth-order valence-electron chi connectivity index (χ4n) is 3.24. The van der Waals surface area contributed by atoms with Crippen LogP contribution in [0.15, 0.2) is 0 Å². The fraction of sp³-hybridized carbons (Fsp3) is 0.818. The van der Waals surface area contributed by atoms with Crippen LogP contribution < -0.4 is 0 Å². The predicted molar refractivity (Wildman–Crippen MR) is 65.1 cm³/mol. The smallest absolute Gasteiger partial charge is 0.156 e. The third-order valence-electron chi connectivity index (χ3n) is 4.41. The summed E-state index contributed by atoms with van der Waals surface area (Å²) >= 11 is 7.24. The number of nitriles is 1. The molecule has 0 amide bonds. The second-order valence-electron chi connectivity index (χ2n) is 5.17. The molecule has 0 aromatic heterocycles. The van der Waals surface area contributed by atoms with Gasteiger partial charge in [-0.1, -0.05) is 45.7 Å². The van der Waals surface area contributed by atoms with Gasteiger partial charge in [0.1, 0.15) is 0 Å². The Hall–Kier alpha value is 0.120. The summed E-state index contributed by atoms with van der Waals surface area (Å²) < 4.78 is -0.437. The Morgan fingerprint density at radius 2 is 2.13 bits per heavy atom. The number of rotatable bonds is 1. The quantitative estimate of drug-likeness (QED) is 0.691. The molecule has 82 valence electrons. The van der Waals surface area contributed by atoms with E-state index in [9.17, 15) is 4.79 Å². The highest BCUT2D eigenvalue weighted by molar-refractivity contribution is 9.13. The number of alkyl halides is 2. The SMILES string of the molecule is CC1(C)C(=O)[C@]2(Br)CC[C@]1(CC#N)[C@@H]2Br. The summed E-state index contributed by atoms with van der Waals surface area (Å²) in [6.07, 6.45) is 2.24. The molecule has 0 aliphatic heterocycles. The van der Waals surface area contributed by atoms with Crippen molar-refractivity contribution in [1.82, 2.24) is 0 Å². The molecular formula is C11H13Br2NO. The van der Waals surface area contributed by atoms with E-state index in [2.05, 4.69) is 37.9 Å². The Balaban J connectivity index is 2.57. The number of halogens is 2. The topological polar surface area (TPSA) is 40.9 Å². The van der Waals surface area contributed by atoms with Gasteiger partial charge in [-0.05, 0) is 12.8 Å². The predicted octanol–water partition coefficient (Wildman–Crippen LogP) is 3.19. The molecule has 0 spiro atoms. The minimum absolute atomic E-state index is 0.0830. The summed E-state index contributed by atoms with van der Waals surface area (Å²) in [5.74, 6) is 0.248. The van der Waals surface area contributed by atoms with Crippen LogP contribution in [0, 0.1) is 22.2 Å². The summed E-state index contributed by atoms with van der Waals surface area (Å²) in [6, 6.07) is 2.25. The molecule has 3 atom stereocenters. The Morgan fingerprint density at radius 3 is 2.53 bits per heavy atom. The van der Waals surface area contributed by atoms with Crippen molar-refractivity contribution in [2.45, 2.75) is 42.3 Å². The lowest BCUT2D eigenvalue weighted by molar-refractivity contribution is -0.131. The maximum absolute atomic E-state index is 12.3. The molecule has 2 fully saturated rings. The molecule has 2 aliphatic rings. The zero-order valence-electron chi connectivity index (χ0n) is 8.81. The molecule has 2 bridgehead atoms. The van der Waals surface area contributed by atoms with Crippen molar-refractivity contribution in [3.05, 3.63) is 0 Å². The lowest BCUT2D eigenvalue weighted by Crippen LogP contribution is -2.42. The van der Waals surface area contributed by atoms with Gasteiger partial charge in [-0.3, -0.25) is 4.79 Å². The van der Waals surface area contributed by atoms with Gasteiger partial charge in [-0.25, -0.2) is 0 Å². The van der Waals surface area contributed by atoms with Gasteiger partial charge in [0.2, 0.25) is 0 Å². The van der Waals surface area contributed by atoms with Gasteiger partial charge >= 0.3 is 0 Å². The van der Waals surface area contributed by atoms with Gasteiger partial charge in [0.15, 0.2) is 5.78 Å². The Morgan fingerprint density at radius 1 is 1.53 bits per heavy atom. The summed E-state index contributed by atoms with van der Waals surface area (Å²) in [7, 11) is 0. The number of Topliss-reactive ketones (excluding diaryl/α,β-unsaturated/α-hetero) is 1. The van der Waals surface area contributed by atoms with Gasteiger partial charge in [-0.2, -0.15) is 5.26 Å². The van der Waals surface area contributed by atoms with Crippen molar-refractivity contribution in [2.24, 2.45) is 10.8 Å². The van der Waals surface area contributed by atoms with E-state index in [4.69, 9.17) is 5.26 Å². The second kappa shape index (κ2) is 3.07. The van der Waals surface area contributed by atoms with Crippen LogP contribution in [0.1, 0.15) is 33.1 Å². The van der Waals surface area contributed by atoms with Gasteiger partial charge in [-0.15, -0.1) is 0 Å². The van der Waals surface area contributed by atoms with Crippen molar-refractivity contribution < 1.29 is 4.79 Å². The van der Waals surface area contributed by atoms with Crippen molar-refractivity contribution in [1.29, 1.82) is 5.26 Å².